The molecule has 2 aromatic rings. The molecule has 2 aromatic carbocycles. The quantitative estimate of drug-likeness (QED) is 0.565. The van der Waals surface area contributed by atoms with Crippen LogP contribution in [0.2, 0.25) is 5.02 Å². The molecule has 32 heavy (non-hydrogen) atoms. The van der Waals surface area contributed by atoms with Gasteiger partial charge in [0.25, 0.3) is 0 Å². The van der Waals surface area contributed by atoms with E-state index < -0.39 is 28.5 Å². The zero-order valence-electron chi connectivity index (χ0n) is 18.8. The van der Waals surface area contributed by atoms with Gasteiger partial charge in [-0.2, -0.15) is 0 Å². The van der Waals surface area contributed by atoms with Crippen LogP contribution in [0.3, 0.4) is 0 Å². The van der Waals surface area contributed by atoms with Gasteiger partial charge in [0.1, 0.15) is 12.6 Å². The number of nitrogens with one attached hydrogen (secondary N) is 1. The number of nitrogens with zero attached hydrogens (tertiary/aromatic N) is 2. The molecule has 0 aromatic heterocycles. The maximum Gasteiger partial charge on any atom is 0.244 e. The van der Waals surface area contributed by atoms with Crippen molar-refractivity contribution in [3.05, 3.63) is 65.2 Å². The Labute approximate surface area is 195 Å². The van der Waals surface area contributed by atoms with Crippen molar-refractivity contribution < 1.29 is 18.0 Å². The Balaban J connectivity index is 2.37. The van der Waals surface area contributed by atoms with E-state index in [0.717, 1.165) is 22.5 Å². The molecule has 9 heteroatoms. The van der Waals surface area contributed by atoms with Gasteiger partial charge in [0, 0.05) is 12.6 Å². The lowest BCUT2D eigenvalue weighted by Gasteiger charge is -2.32. The first-order chi connectivity index (χ1) is 15.0. The number of sulfonamides is 1. The van der Waals surface area contributed by atoms with E-state index in [1.54, 1.807) is 25.1 Å². The molecular weight excluding hydrogens is 450 g/mol. The van der Waals surface area contributed by atoms with Crippen molar-refractivity contribution in [3.8, 4) is 0 Å². The third kappa shape index (κ3) is 6.97. The fraction of sp³-hybridized carbons (Fsp3) is 0.391. The third-order valence-corrected chi connectivity index (χ3v) is 6.61. The average molecular weight is 480 g/mol. The minimum atomic E-state index is -3.81. The molecule has 7 nitrogen and oxygen atoms in total. The molecule has 0 radical (unpaired) electrons. The first-order valence-electron chi connectivity index (χ1n) is 10.4. The molecule has 0 unspecified atom stereocenters. The summed E-state index contributed by atoms with van der Waals surface area (Å²) in [5.41, 5.74) is 1.04. The van der Waals surface area contributed by atoms with Gasteiger partial charge in [-0.25, -0.2) is 8.42 Å². The van der Waals surface area contributed by atoms with Gasteiger partial charge >= 0.3 is 0 Å². The van der Waals surface area contributed by atoms with Crippen molar-refractivity contribution in [2.24, 2.45) is 0 Å². The second-order valence-corrected chi connectivity index (χ2v) is 10.0. The lowest BCUT2D eigenvalue weighted by Crippen LogP contribution is -2.52. The van der Waals surface area contributed by atoms with E-state index in [-0.39, 0.29) is 29.2 Å². The number of carbonyl (C=O) groups is 2. The highest BCUT2D eigenvalue weighted by molar-refractivity contribution is 7.92. The van der Waals surface area contributed by atoms with E-state index in [4.69, 9.17) is 11.6 Å². The van der Waals surface area contributed by atoms with Gasteiger partial charge < -0.3 is 10.2 Å². The smallest absolute Gasteiger partial charge is 0.244 e. The van der Waals surface area contributed by atoms with Crippen LogP contribution >= 0.6 is 11.6 Å². The summed E-state index contributed by atoms with van der Waals surface area (Å²) >= 11 is 6.21. The molecule has 0 spiro atoms. The van der Waals surface area contributed by atoms with E-state index in [1.807, 2.05) is 44.2 Å². The van der Waals surface area contributed by atoms with Gasteiger partial charge in [-0.05, 0) is 38.0 Å². The molecular formula is C23H30ClN3O4S. The number of benzene rings is 2. The molecule has 0 bridgehead atoms. The second-order valence-electron chi connectivity index (χ2n) is 7.72. The standard InChI is InChI=1S/C23H30ClN3O4S/c1-5-17(2)25-23(29)18(3)26(15-19-11-7-6-8-12-19)22(28)16-27(32(4,30)31)21-14-10-9-13-20(21)24/h6-14,17-18H,5,15-16H2,1-4H3,(H,25,29)/t17-,18-/m0/s1. The van der Waals surface area contributed by atoms with E-state index in [0.29, 0.717) is 0 Å². The van der Waals surface area contributed by atoms with Crippen LogP contribution in [0, 0.1) is 0 Å². The number of rotatable bonds is 10. The van der Waals surface area contributed by atoms with Crippen LogP contribution in [0.25, 0.3) is 0 Å². The van der Waals surface area contributed by atoms with Crippen molar-refractivity contribution in [3.63, 3.8) is 0 Å². The monoisotopic (exact) mass is 479 g/mol. The highest BCUT2D eigenvalue weighted by Crippen LogP contribution is 2.27. The number of halogens is 1. The maximum atomic E-state index is 13.4. The zero-order chi connectivity index (χ0) is 23.9. The number of carbonyl (C=O) groups excluding carboxylic acids is 2. The molecule has 174 valence electrons. The fourth-order valence-electron chi connectivity index (χ4n) is 3.08. The molecule has 0 saturated heterocycles. The topological polar surface area (TPSA) is 86.8 Å². The Morgan fingerprint density at radius 1 is 1.03 bits per heavy atom. The van der Waals surface area contributed by atoms with Gasteiger partial charge in [-0.1, -0.05) is 61.0 Å². The molecule has 0 saturated carbocycles. The number of hydrogen-bond acceptors (Lipinski definition) is 4. The summed E-state index contributed by atoms with van der Waals surface area (Å²) in [5.74, 6) is -0.807. The van der Waals surface area contributed by atoms with E-state index in [9.17, 15) is 18.0 Å². The SMILES string of the molecule is CC[C@H](C)NC(=O)[C@H](C)N(Cc1ccccc1)C(=O)CN(c1ccccc1Cl)S(C)(=O)=O. The van der Waals surface area contributed by atoms with Crippen LogP contribution in [-0.2, 0) is 26.2 Å². The minimum absolute atomic E-state index is 0.0470. The van der Waals surface area contributed by atoms with Crippen molar-refractivity contribution in [1.82, 2.24) is 10.2 Å². The summed E-state index contributed by atoms with van der Waals surface area (Å²) in [5, 5.41) is 3.10. The van der Waals surface area contributed by atoms with E-state index >= 15 is 0 Å². The van der Waals surface area contributed by atoms with Crippen molar-refractivity contribution >= 4 is 39.1 Å². The minimum Gasteiger partial charge on any atom is -0.352 e. The largest absolute Gasteiger partial charge is 0.352 e. The van der Waals surface area contributed by atoms with Gasteiger partial charge in [0.2, 0.25) is 21.8 Å². The fourth-order valence-corrected chi connectivity index (χ4v) is 4.23. The number of amides is 2. The van der Waals surface area contributed by atoms with Crippen LogP contribution in [0.4, 0.5) is 5.69 Å². The Morgan fingerprint density at radius 3 is 2.19 bits per heavy atom. The lowest BCUT2D eigenvalue weighted by molar-refractivity contribution is -0.139. The predicted molar refractivity (Wildman–Crippen MR) is 128 cm³/mol. The summed E-state index contributed by atoms with van der Waals surface area (Å²) in [4.78, 5) is 27.6. The first-order valence-corrected chi connectivity index (χ1v) is 12.6. The van der Waals surface area contributed by atoms with Crippen molar-refractivity contribution in [2.45, 2.75) is 45.8 Å². The lowest BCUT2D eigenvalue weighted by atomic mass is 10.1. The summed E-state index contributed by atoms with van der Waals surface area (Å²) in [6.45, 7) is 5.16. The Morgan fingerprint density at radius 2 is 1.62 bits per heavy atom. The molecule has 0 aliphatic rings. The second kappa shape index (κ2) is 11.3. The van der Waals surface area contributed by atoms with Crippen LogP contribution < -0.4 is 9.62 Å². The Bertz CT molecular complexity index is 1030. The molecule has 1 N–H and O–H groups in total. The van der Waals surface area contributed by atoms with E-state index in [2.05, 4.69) is 5.32 Å². The first kappa shape index (κ1) is 25.7. The van der Waals surface area contributed by atoms with Crippen LogP contribution in [0.15, 0.2) is 54.6 Å². The van der Waals surface area contributed by atoms with Gasteiger partial charge in [-0.3, -0.25) is 13.9 Å². The molecule has 0 heterocycles. The average Bonchev–Trinajstić information content (AvgIpc) is 2.75. The van der Waals surface area contributed by atoms with Gasteiger partial charge in [0.05, 0.1) is 17.0 Å². The number of hydrogen-bond donors (Lipinski definition) is 1. The van der Waals surface area contributed by atoms with Crippen LogP contribution in [0.5, 0.6) is 0 Å². The van der Waals surface area contributed by atoms with E-state index in [1.165, 1.54) is 11.0 Å². The molecule has 0 fully saturated rings. The van der Waals surface area contributed by atoms with Crippen molar-refractivity contribution in [2.75, 3.05) is 17.1 Å². The predicted octanol–water partition coefficient (Wildman–Crippen LogP) is 3.44. The third-order valence-electron chi connectivity index (χ3n) is 5.16. The van der Waals surface area contributed by atoms with Gasteiger partial charge in [0.15, 0.2) is 0 Å². The van der Waals surface area contributed by atoms with Gasteiger partial charge in [-0.15, -0.1) is 0 Å². The number of anilines is 1. The molecule has 2 atom stereocenters. The van der Waals surface area contributed by atoms with Crippen LogP contribution in [-0.4, -0.2) is 50.0 Å². The molecule has 0 aliphatic carbocycles. The highest BCUT2D eigenvalue weighted by atomic mass is 35.5. The Kier molecular flexibility index (Phi) is 9.09. The zero-order valence-corrected chi connectivity index (χ0v) is 20.4. The van der Waals surface area contributed by atoms with Crippen LogP contribution in [0.1, 0.15) is 32.8 Å². The molecule has 0 aliphatic heterocycles. The molecule has 2 rings (SSSR count). The number of para-hydroxylation sites is 1. The summed E-state index contributed by atoms with van der Waals surface area (Å²) in [7, 11) is -3.81. The summed E-state index contributed by atoms with van der Waals surface area (Å²) in [6, 6.07) is 14.8. The molecule has 2 amide bonds. The maximum absolute atomic E-state index is 13.4. The highest BCUT2D eigenvalue weighted by Gasteiger charge is 2.31. The summed E-state index contributed by atoms with van der Waals surface area (Å²) in [6.07, 6.45) is 1.77. The summed E-state index contributed by atoms with van der Waals surface area (Å²) < 4.78 is 26.0. The van der Waals surface area contributed by atoms with Crippen molar-refractivity contribution in [1.29, 1.82) is 0 Å². The normalized spacial score (nSPS) is 13.2. The Hall–Kier alpha value is -2.58.